The van der Waals surface area contributed by atoms with Gasteiger partial charge in [0.1, 0.15) is 12.1 Å². The average Bonchev–Trinajstić information content (AvgIpc) is 2.59. The molecule has 6 nitrogen and oxygen atoms in total. The van der Waals surface area contributed by atoms with Crippen LogP contribution in [0.3, 0.4) is 0 Å². The number of nitriles is 2. The third kappa shape index (κ3) is 2.90. The largest absolute Gasteiger partial charge is 0.465 e. The Morgan fingerprint density at radius 3 is 1.17 bits per heavy atom. The van der Waals surface area contributed by atoms with Gasteiger partial charge in [0, 0.05) is 0 Å². The van der Waals surface area contributed by atoms with Gasteiger partial charge in [-0.05, 0) is 0 Å². The van der Waals surface area contributed by atoms with Crippen molar-refractivity contribution >= 4 is 23.1 Å². The van der Waals surface area contributed by atoms with Crippen molar-refractivity contribution in [1.82, 2.24) is 0 Å². The van der Waals surface area contributed by atoms with Gasteiger partial charge in [0.15, 0.2) is 34.4 Å². The van der Waals surface area contributed by atoms with Crippen LogP contribution in [-0.4, -0.2) is 26.2 Å². The highest BCUT2D eigenvalue weighted by atomic mass is 19.2. The molecule has 0 aliphatic rings. The van der Waals surface area contributed by atoms with E-state index in [1.807, 2.05) is 0 Å². The molecular formula is C14H6F4N2O4. The van der Waals surface area contributed by atoms with Crippen LogP contribution in [0.2, 0.25) is 0 Å². The van der Waals surface area contributed by atoms with Gasteiger partial charge in [-0.3, -0.25) is 0 Å². The van der Waals surface area contributed by atoms with Crippen LogP contribution in [0.15, 0.2) is 0 Å². The molecule has 0 fully saturated rings. The molecule has 24 heavy (non-hydrogen) atoms. The maximum atomic E-state index is 14.1. The Morgan fingerprint density at radius 1 is 0.750 bits per heavy atom. The molecule has 1 rings (SSSR count). The summed E-state index contributed by atoms with van der Waals surface area (Å²) in [6.45, 7) is 0. The number of esters is 2. The van der Waals surface area contributed by atoms with Gasteiger partial charge >= 0.3 is 11.9 Å². The molecular weight excluding hydrogens is 336 g/mol. The average molecular weight is 342 g/mol. The lowest BCUT2D eigenvalue weighted by Gasteiger charge is -2.05. The summed E-state index contributed by atoms with van der Waals surface area (Å²) in [6, 6.07) is 2.13. The molecule has 0 amide bonds. The second-order valence-electron chi connectivity index (χ2n) is 3.96. The third-order valence-corrected chi connectivity index (χ3v) is 2.77. The van der Waals surface area contributed by atoms with E-state index in [9.17, 15) is 27.2 Å². The summed E-state index contributed by atoms with van der Waals surface area (Å²) < 4.78 is 64.4. The Bertz CT molecular complexity index is 829. The molecule has 0 N–H and O–H groups in total. The molecule has 0 spiro atoms. The highest BCUT2D eigenvalue weighted by Gasteiger charge is 2.27. The normalized spacial score (nSPS) is 9.50. The number of halogens is 4. The van der Waals surface area contributed by atoms with Crippen LogP contribution in [-0.2, 0) is 19.1 Å². The van der Waals surface area contributed by atoms with Gasteiger partial charge in [-0.15, -0.1) is 0 Å². The summed E-state index contributed by atoms with van der Waals surface area (Å²) in [4.78, 5) is 22.6. The van der Waals surface area contributed by atoms with E-state index in [2.05, 4.69) is 9.47 Å². The molecule has 124 valence electrons. The fourth-order valence-corrected chi connectivity index (χ4v) is 1.68. The number of hydrogen-bond acceptors (Lipinski definition) is 6. The van der Waals surface area contributed by atoms with E-state index in [0.717, 1.165) is 26.4 Å². The molecule has 0 saturated heterocycles. The number of hydrogen-bond donors (Lipinski definition) is 0. The second kappa shape index (κ2) is 7.24. The van der Waals surface area contributed by atoms with Gasteiger partial charge < -0.3 is 9.47 Å². The molecule has 10 heteroatoms. The summed E-state index contributed by atoms with van der Waals surface area (Å²) in [5.74, 6) is -11.7. The minimum absolute atomic E-state index is 0.773. The number of nitrogens with zero attached hydrogens (tertiary/aromatic N) is 2. The van der Waals surface area contributed by atoms with Crippen LogP contribution < -0.4 is 10.4 Å². The van der Waals surface area contributed by atoms with Crippen LogP contribution in [0.25, 0.3) is 11.1 Å². The van der Waals surface area contributed by atoms with Gasteiger partial charge in [-0.1, -0.05) is 0 Å². The van der Waals surface area contributed by atoms with E-state index in [4.69, 9.17) is 10.5 Å². The van der Waals surface area contributed by atoms with Gasteiger partial charge in [0.25, 0.3) is 0 Å². The minimum Gasteiger partial charge on any atom is -0.465 e. The zero-order chi connectivity index (χ0) is 18.6. The topological polar surface area (TPSA) is 100 Å². The number of rotatable bonds is 2. The minimum atomic E-state index is -2.15. The molecule has 0 aliphatic carbocycles. The highest BCUT2D eigenvalue weighted by molar-refractivity contribution is 6.16. The zero-order valence-electron chi connectivity index (χ0n) is 12.0. The standard InChI is InChI=1S/C14H6F4N2O4/c1-23-13(21)5(3-19)7-9(15)11(17)8(12(18)10(7)16)6(4-20)14(22)24-2/h1-2H3. The van der Waals surface area contributed by atoms with Crippen molar-refractivity contribution in [2.45, 2.75) is 0 Å². The van der Waals surface area contributed by atoms with Crippen molar-refractivity contribution in [2.75, 3.05) is 14.2 Å². The number of methoxy groups -OCH3 is 2. The Balaban J connectivity index is 4.28. The summed E-state index contributed by atoms with van der Waals surface area (Å²) in [5, 5.41) is 14.3. The van der Waals surface area contributed by atoms with Crippen LogP contribution >= 0.6 is 0 Å². The summed E-state index contributed by atoms with van der Waals surface area (Å²) in [7, 11) is 1.55. The van der Waals surface area contributed by atoms with Crippen LogP contribution in [0, 0.1) is 45.9 Å². The first-order valence-electron chi connectivity index (χ1n) is 5.84. The van der Waals surface area contributed by atoms with Gasteiger partial charge in [-0.2, -0.15) is 10.5 Å². The maximum Gasteiger partial charge on any atom is 0.349 e. The Kier molecular flexibility index (Phi) is 5.63. The van der Waals surface area contributed by atoms with Crippen LogP contribution in [0.5, 0.6) is 0 Å². The first-order chi connectivity index (χ1) is 11.3. The van der Waals surface area contributed by atoms with Crippen molar-refractivity contribution in [1.29, 1.82) is 10.5 Å². The molecule has 0 saturated carbocycles. The van der Waals surface area contributed by atoms with Crippen molar-refractivity contribution in [3.05, 3.63) is 33.7 Å². The smallest absolute Gasteiger partial charge is 0.349 e. The van der Waals surface area contributed by atoms with Crippen LogP contribution in [0.1, 0.15) is 0 Å². The summed E-state index contributed by atoms with van der Waals surface area (Å²) >= 11 is 0. The van der Waals surface area contributed by atoms with Gasteiger partial charge in [0.05, 0.1) is 24.7 Å². The predicted molar refractivity (Wildman–Crippen MR) is 67.6 cm³/mol. The van der Waals surface area contributed by atoms with E-state index in [0.29, 0.717) is 0 Å². The van der Waals surface area contributed by atoms with Crippen molar-refractivity contribution in [3.8, 4) is 12.1 Å². The quantitative estimate of drug-likeness (QED) is 0.424. The lowest BCUT2D eigenvalue weighted by Crippen LogP contribution is -2.34. The molecule has 1 aromatic carbocycles. The van der Waals surface area contributed by atoms with E-state index in [-0.39, 0.29) is 0 Å². The Labute approximate surface area is 131 Å². The number of ether oxygens (including phenoxy) is 2. The first kappa shape index (κ1) is 18.6. The molecule has 1 aromatic rings. The van der Waals surface area contributed by atoms with Gasteiger partial charge in [-0.25, -0.2) is 27.2 Å². The van der Waals surface area contributed by atoms with E-state index >= 15 is 0 Å². The Hall–Kier alpha value is -3.40. The van der Waals surface area contributed by atoms with Crippen molar-refractivity contribution < 1.29 is 36.6 Å². The Morgan fingerprint density at radius 2 is 1.00 bits per heavy atom. The fraction of sp³-hybridized carbons (Fsp3) is 0.143. The van der Waals surface area contributed by atoms with E-state index in [1.54, 1.807) is 0 Å². The number of carbonyl (C=O) groups is 2. The first-order valence-corrected chi connectivity index (χ1v) is 5.84. The molecule has 0 heterocycles. The fourth-order valence-electron chi connectivity index (χ4n) is 1.68. The van der Waals surface area contributed by atoms with E-state index < -0.39 is 56.8 Å². The SMILES string of the molecule is COC(=O)C(C#N)=c1c(F)c(F)c(=C(C#N)C(=O)OC)c(F)c1F. The van der Waals surface area contributed by atoms with Crippen molar-refractivity contribution in [3.63, 3.8) is 0 Å². The van der Waals surface area contributed by atoms with Crippen molar-refractivity contribution in [2.24, 2.45) is 0 Å². The number of benzene rings is 1. The molecule has 0 atom stereocenters. The predicted octanol–water partition coefficient (Wildman–Crippen LogP) is -0.0624. The monoisotopic (exact) mass is 342 g/mol. The number of carbonyl (C=O) groups excluding carboxylic acids is 2. The second-order valence-corrected chi connectivity index (χ2v) is 3.96. The molecule has 0 unspecified atom stereocenters. The molecule has 0 aliphatic heterocycles. The molecule has 0 bridgehead atoms. The third-order valence-electron chi connectivity index (χ3n) is 2.77. The summed E-state index contributed by atoms with van der Waals surface area (Å²) in [5.41, 5.74) is -2.68. The lowest BCUT2D eigenvalue weighted by atomic mass is 10.1. The maximum absolute atomic E-state index is 14.1. The zero-order valence-corrected chi connectivity index (χ0v) is 12.0. The van der Waals surface area contributed by atoms with Crippen LogP contribution in [0.4, 0.5) is 17.6 Å². The molecule has 0 aromatic heterocycles. The lowest BCUT2D eigenvalue weighted by molar-refractivity contribution is -0.134. The van der Waals surface area contributed by atoms with Gasteiger partial charge in [0.2, 0.25) is 0 Å². The summed E-state index contributed by atoms with van der Waals surface area (Å²) in [6.07, 6.45) is 0. The van der Waals surface area contributed by atoms with E-state index in [1.165, 1.54) is 0 Å². The highest BCUT2D eigenvalue weighted by Crippen LogP contribution is 2.08. The molecule has 0 radical (unpaired) electrons.